The van der Waals surface area contributed by atoms with Crippen LogP contribution in [0, 0.1) is 13.8 Å². The predicted molar refractivity (Wildman–Crippen MR) is 95.1 cm³/mol. The molecule has 0 heterocycles. The first-order chi connectivity index (χ1) is 11.5. The van der Waals surface area contributed by atoms with E-state index in [4.69, 9.17) is 0 Å². The zero-order chi connectivity index (χ0) is 17.6. The van der Waals surface area contributed by atoms with E-state index in [1.54, 1.807) is 0 Å². The topological polar surface area (TPSA) is 66.4 Å². The van der Waals surface area contributed by atoms with Gasteiger partial charge in [0.1, 0.15) is 0 Å². The van der Waals surface area contributed by atoms with Crippen molar-refractivity contribution in [3.8, 4) is 0 Å². The van der Waals surface area contributed by atoms with Gasteiger partial charge in [-0.3, -0.25) is 9.59 Å². The number of amides is 1. The Morgan fingerprint density at radius 3 is 2.50 bits per heavy atom. The summed E-state index contributed by atoms with van der Waals surface area (Å²) in [7, 11) is 0. The van der Waals surface area contributed by atoms with Crippen molar-refractivity contribution in [2.45, 2.75) is 70.8 Å². The Morgan fingerprint density at radius 2 is 1.83 bits per heavy atom. The lowest BCUT2D eigenvalue weighted by molar-refractivity contribution is -0.123. The molecule has 2 N–H and O–H groups in total. The van der Waals surface area contributed by atoms with Crippen LogP contribution in [0.4, 0.5) is 0 Å². The Bertz CT molecular complexity index is 583. The van der Waals surface area contributed by atoms with Crippen LogP contribution in [0.3, 0.4) is 0 Å². The van der Waals surface area contributed by atoms with E-state index in [9.17, 15) is 14.7 Å². The van der Waals surface area contributed by atoms with Gasteiger partial charge in [-0.15, -0.1) is 0 Å². The molecule has 0 spiro atoms. The Hall–Kier alpha value is -1.68. The van der Waals surface area contributed by atoms with Crippen LogP contribution < -0.4 is 5.32 Å². The maximum Gasteiger partial charge on any atom is 0.220 e. The van der Waals surface area contributed by atoms with Crippen LogP contribution in [0.2, 0.25) is 0 Å². The fourth-order valence-corrected chi connectivity index (χ4v) is 3.64. The van der Waals surface area contributed by atoms with Crippen LogP contribution in [0.1, 0.15) is 72.9 Å². The number of ketones is 1. The van der Waals surface area contributed by atoms with Crippen LogP contribution in [0.25, 0.3) is 0 Å². The number of aryl methyl sites for hydroxylation is 2. The van der Waals surface area contributed by atoms with E-state index in [2.05, 4.69) is 5.32 Å². The van der Waals surface area contributed by atoms with E-state index >= 15 is 0 Å². The quantitative estimate of drug-likeness (QED) is 0.752. The van der Waals surface area contributed by atoms with Crippen LogP contribution in [0.5, 0.6) is 0 Å². The fraction of sp³-hybridized carbons (Fsp3) is 0.600. The van der Waals surface area contributed by atoms with Crippen LogP contribution in [-0.4, -0.2) is 28.9 Å². The predicted octanol–water partition coefficient (Wildman–Crippen LogP) is 3.47. The molecule has 0 radical (unpaired) electrons. The summed E-state index contributed by atoms with van der Waals surface area (Å²) in [5, 5.41) is 12.4. The Labute approximate surface area is 144 Å². The van der Waals surface area contributed by atoms with E-state index in [0.717, 1.165) is 36.8 Å². The average molecular weight is 331 g/mol. The van der Waals surface area contributed by atoms with Crippen molar-refractivity contribution in [1.82, 2.24) is 5.32 Å². The number of hydrogen-bond donors (Lipinski definition) is 2. The Kier molecular flexibility index (Phi) is 6.55. The molecule has 1 amide bonds. The summed E-state index contributed by atoms with van der Waals surface area (Å²) in [6.45, 7) is 3.97. The molecule has 4 nitrogen and oxygen atoms in total. The fourth-order valence-electron chi connectivity index (χ4n) is 3.64. The van der Waals surface area contributed by atoms with Crippen LogP contribution in [-0.2, 0) is 4.79 Å². The first-order valence-electron chi connectivity index (χ1n) is 8.98. The maximum atomic E-state index is 12.4. The number of nitrogens with one attached hydrogen (secondary N) is 1. The van der Waals surface area contributed by atoms with E-state index in [1.165, 1.54) is 6.42 Å². The number of benzene rings is 1. The lowest BCUT2D eigenvalue weighted by Crippen LogP contribution is -2.50. The van der Waals surface area contributed by atoms with Gasteiger partial charge >= 0.3 is 0 Å². The van der Waals surface area contributed by atoms with Gasteiger partial charge in [-0.2, -0.15) is 0 Å². The molecule has 1 fully saturated rings. The van der Waals surface area contributed by atoms with Crippen LogP contribution in [0.15, 0.2) is 18.2 Å². The Balaban J connectivity index is 1.92. The van der Waals surface area contributed by atoms with E-state index < -0.39 is 0 Å². The lowest BCUT2D eigenvalue weighted by atomic mass is 9.79. The lowest BCUT2D eigenvalue weighted by Gasteiger charge is -2.38. The molecular formula is C20H29NO3. The Morgan fingerprint density at radius 1 is 1.12 bits per heavy atom. The summed E-state index contributed by atoms with van der Waals surface area (Å²) in [5.74, 6) is -0.0600. The van der Waals surface area contributed by atoms with Gasteiger partial charge in [0.25, 0.3) is 0 Å². The number of carbonyl (C=O) groups is 2. The SMILES string of the molecule is Cc1ccc(C)c(C(=O)CCC(=O)NC2(CCO)CCCCC2)c1. The van der Waals surface area contributed by atoms with Crippen molar-refractivity contribution < 1.29 is 14.7 Å². The first kappa shape index (κ1) is 18.7. The molecule has 2 rings (SSSR count). The smallest absolute Gasteiger partial charge is 0.220 e. The third kappa shape index (κ3) is 4.91. The molecule has 1 saturated carbocycles. The minimum Gasteiger partial charge on any atom is -0.396 e. The molecule has 1 aromatic rings. The van der Waals surface area contributed by atoms with Gasteiger partial charge < -0.3 is 10.4 Å². The van der Waals surface area contributed by atoms with E-state index in [-0.39, 0.29) is 36.7 Å². The molecule has 24 heavy (non-hydrogen) atoms. The maximum absolute atomic E-state index is 12.4. The number of aliphatic hydroxyl groups excluding tert-OH is 1. The van der Waals surface area contributed by atoms with Crippen molar-refractivity contribution in [3.05, 3.63) is 34.9 Å². The van der Waals surface area contributed by atoms with Crippen molar-refractivity contribution in [2.75, 3.05) is 6.61 Å². The third-order valence-corrected chi connectivity index (χ3v) is 5.08. The van der Waals surface area contributed by atoms with Gasteiger partial charge in [0.05, 0.1) is 0 Å². The molecule has 132 valence electrons. The zero-order valence-electron chi connectivity index (χ0n) is 14.9. The first-order valence-corrected chi connectivity index (χ1v) is 8.98. The molecule has 0 bridgehead atoms. The third-order valence-electron chi connectivity index (χ3n) is 5.08. The number of Topliss-reactive ketones (excluding diaryl/α,β-unsaturated/α-hetero) is 1. The summed E-state index contributed by atoms with van der Waals surface area (Å²) in [6, 6.07) is 5.82. The highest BCUT2D eigenvalue weighted by atomic mass is 16.3. The van der Waals surface area contributed by atoms with Gasteiger partial charge in [0, 0.05) is 30.6 Å². The zero-order valence-corrected chi connectivity index (χ0v) is 14.9. The molecule has 1 aliphatic rings. The van der Waals surface area contributed by atoms with Gasteiger partial charge in [-0.25, -0.2) is 0 Å². The molecule has 0 saturated heterocycles. The molecule has 1 aliphatic carbocycles. The highest BCUT2D eigenvalue weighted by Crippen LogP contribution is 2.31. The number of rotatable bonds is 7. The summed E-state index contributed by atoms with van der Waals surface area (Å²) in [4.78, 5) is 24.7. The minimum absolute atomic E-state index is 0.0196. The summed E-state index contributed by atoms with van der Waals surface area (Å²) >= 11 is 0. The molecule has 0 unspecified atom stereocenters. The second kappa shape index (κ2) is 8.43. The molecule has 1 aromatic carbocycles. The van der Waals surface area contributed by atoms with Crippen LogP contribution >= 0.6 is 0 Å². The summed E-state index contributed by atoms with van der Waals surface area (Å²) in [6.07, 6.45) is 6.24. The van der Waals surface area contributed by atoms with Crippen molar-refractivity contribution in [1.29, 1.82) is 0 Å². The normalized spacial score (nSPS) is 16.6. The molecule has 0 aliphatic heterocycles. The van der Waals surface area contributed by atoms with Crippen molar-refractivity contribution in [3.63, 3.8) is 0 Å². The minimum atomic E-state index is -0.271. The van der Waals surface area contributed by atoms with Crippen molar-refractivity contribution in [2.24, 2.45) is 0 Å². The molecule has 4 heteroatoms. The average Bonchev–Trinajstić information content (AvgIpc) is 2.56. The largest absolute Gasteiger partial charge is 0.396 e. The van der Waals surface area contributed by atoms with Gasteiger partial charge in [0.2, 0.25) is 5.91 Å². The van der Waals surface area contributed by atoms with E-state index in [1.807, 2.05) is 32.0 Å². The van der Waals surface area contributed by atoms with Crippen molar-refractivity contribution >= 4 is 11.7 Å². The number of hydrogen-bond acceptors (Lipinski definition) is 3. The monoisotopic (exact) mass is 331 g/mol. The van der Waals surface area contributed by atoms with E-state index in [0.29, 0.717) is 12.0 Å². The highest BCUT2D eigenvalue weighted by molar-refractivity contribution is 5.99. The summed E-state index contributed by atoms with van der Waals surface area (Å²) in [5.41, 5.74) is 2.45. The molecular weight excluding hydrogens is 302 g/mol. The standard InChI is InChI=1S/C20H29NO3/c1-15-6-7-16(2)17(14-15)18(23)8-9-19(24)21-20(12-13-22)10-4-3-5-11-20/h6-7,14,22H,3-5,8-13H2,1-2H3,(H,21,24). The molecule has 0 atom stereocenters. The molecule has 0 aromatic heterocycles. The highest BCUT2D eigenvalue weighted by Gasteiger charge is 2.32. The number of aliphatic hydroxyl groups is 1. The van der Waals surface area contributed by atoms with Gasteiger partial charge in [0.15, 0.2) is 5.78 Å². The van der Waals surface area contributed by atoms with Gasteiger partial charge in [-0.05, 0) is 44.7 Å². The summed E-state index contributed by atoms with van der Waals surface area (Å²) < 4.78 is 0. The second-order valence-corrected chi connectivity index (χ2v) is 7.10. The van der Waals surface area contributed by atoms with Gasteiger partial charge in [-0.1, -0.05) is 37.0 Å². The number of carbonyl (C=O) groups excluding carboxylic acids is 2. The second-order valence-electron chi connectivity index (χ2n) is 7.10.